The standard InChI is InChI=1S/C18H23NO/c1-4-13-19-14(2)15-9-5-6-10-16(15)17-11-7-8-12-18(17)20-3/h5-12,14,19H,4,13H2,1-3H3. The van der Waals surface area contributed by atoms with E-state index >= 15 is 0 Å². The van der Waals surface area contributed by atoms with Crippen LogP contribution in [0.5, 0.6) is 5.75 Å². The van der Waals surface area contributed by atoms with Crippen LogP contribution < -0.4 is 10.1 Å². The topological polar surface area (TPSA) is 21.3 Å². The van der Waals surface area contributed by atoms with E-state index in [1.54, 1.807) is 7.11 Å². The molecule has 0 amide bonds. The summed E-state index contributed by atoms with van der Waals surface area (Å²) in [6, 6.07) is 17.0. The quantitative estimate of drug-likeness (QED) is 0.838. The van der Waals surface area contributed by atoms with E-state index in [1.807, 2.05) is 12.1 Å². The zero-order chi connectivity index (χ0) is 14.4. The zero-order valence-electron chi connectivity index (χ0n) is 12.5. The first kappa shape index (κ1) is 14.6. The van der Waals surface area contributed by atoms with Gasteiger partial charge in [-0.2, -0.15) is 0 Å². The molecule has 20 heavy (non-hydrogen) atoms. The lowest BCUT2D eigenvalue weighted by Gasteiger charge is -2.19. The largest absolute Gasteiger partial charge is 0.496 e. The molecule has 0 spiro atoms. The lowest BCUT2D eigenvalue weighted by atomic mass is 9.95. The first-order valence-corrected chi connectivity index (χ1v) is 7.23. The molecule has 0 bridgehead atoms. The molecule has 0 heterocycles. The number of nitrogens with one attached hydrogen (secondary N) is 1. The van der Waals surface area contributed by atoms with Crippen molar-refractivity contribution >= 4 is 0 Å². The second-order valence-electron chi connectivity index (χ2n) is 4.96. The van der Waals surface area contributed by atoms with Crippen molar-refractivity contribution in [3.05, 3.63) is 54.1 Å². The van der Waals surface area contributed by atoms with Gasteiger partial charge in [-0.3, -0.25) is 0 Å². The molecule has 0 aliphatic rings. The maximum absolute atomic E-state index is 5.50. The van der Waals surface area contributed by atoms with Crippen molar-refractivity contribution in [1.29, 1.82) is 0 Å². The van der Waals surface area contributed by atoms with Crippen LogP contribution >= 0.6 is 0 Å². The van der Waals surface area contributed by atoms with Crippen molar-refractivity contribution in [2.24, 2.45) is 0 Å². The summed E-state index contributed by atoms with van der Waals surface area (Å²) in [6.07, 6.45) is 1.14. The van der Waals surface area contributed by atoms with Gasteiger partial charge in [0.2, 0.25) is 0 Å². The van der Waals surface area contributed by atoms with Crippen LogP contribution in [0.1, 0.15) is 31.9 Å². The van der Waals surface area contributed by atoms with Gasteiger partial charge in [0.25, 0.3) is 0 Å². The Kier molecular flexibility index (Phi) is 5.19. The van der Waals surface area contributed by atoms with Crippen molar-refractivity contribution < 1.29 is 4.74 Å². The molecule has 0 aliphatic carbocycles. The zero-order valence-corrected chi connectivity index (χ0v) is 12.5. The van der Waals surface area contributed by atoms with Gasteiger partial charge in [0.05, 0.1) is 7.11 Å². The number of para-hydroxylation sites is 1. The number of ether oxygens (including phenoxy) is 1. The molecular formula is C18H23NO. The molecule has 2 heteroatoms. The Morgan fingerprint density at radius 2 is 1.65 bits per heavy atom. The molecule has 1 atom stereocenters. The second kappa shape index (κ2) is 7.11. The van der Waals surface area contributed by atoms with Crippen LogP contribution in [0.2, 0.25) is 0 Å². The third-order valence-corrected chi connectivity index (χ3v) is 3.52. The highest BCUT2D eigenvalue weighted by Gasteiger charge is 2.13. The van der Waals surface area contributed by atoms with Crippen molar-refractivity contribution in [3.63, 3.8) is 0 Å². The Bertz CT molecular complexity index is 551. The molecular weight excluding hydrogens is 246 g/mol. The smallest absolute Gasteiger partial charge is 0.126 e. The first-order valence-electron chi connectivity index (χ1n) is 7.23. The third kappa shape index (κ3) is 3.20. The number of hydrogen-bond donors (Lipinski definition) is 1. The van der Waals surface area contributed by atoms with Crippen LogP contribution in [-0.2, 0) is 0 Å². The number of benzene rings is 2. The fourth-order valence-electron chi connectivity index (χ4n) is 2.46. The average molecular weight is 269 g/mol. The highest BCUT2D eigenvalue weighted by atomic mass is 16.5. The van der Waals surface area contributed by atoms with E-state index in [0.717, 1.165) is 24.3 Å². The van der Waals surface area contributed by atoms with Crippen LogP contribution in [0.3, 0.4) is 0 Å². The molecule has 0 aromatic heterocycles. The van der Waals surface area contributed by atoms with Crippen molar-refractivity contribution in [3.8, 4) is 16.9 Å². The van der Waals surface area contributed by atoms with E-state index in [-0.39, 0.29) is 0 Å². The predicted octanol–water partition coefficient (Wildman–Crippen LogP) is 4.42. The molecule has 2 nitrogen and oxygen atoms in total. The molecule has 2 aromatic carbocycles. The summed E-state index contributed by atoms with van der Waals surface area (Å²) in [5.74, 6) is 0.919. The highest BCUT2D eigenvalue weighted by molar-refractivity contribution is 5.73. The minimum atomic E-state index is 0.330. The molecule has 0 radical (unpaired) electrons. The second-order valence-corrected chi connectivity index (χ2v) is 4.96. The van der Waals surface area contributed by atoms with E-state index in [1.165, 1.54) is 11.1 Å². The van der Waals surface area contributed by atoms with Crippen LogP contribution in [-0.4, -0.2) is 13.7 Å². The van der Waals surface area contributed by atoms with Gasteiger partial charge < -0.3 is 10.1 Å². The monoisotopic (exact) mass is 269 g/mol. The van der Waals surface area contributed by atoms with E-state index in [0.29, 0.717) is 6.04 Å². The van der Waals surface area contributed by atoms with Crippen LogP contribution in [0.15, 0.2) is 48.5 Å². The Balaban J connectivity index is 2.41. The summed E-state index contributed by atoms with van der Waals surface area (Å²) in [4.78, 5) is 0. The van der Waals surface area contributed by atoms with Crippen molar-refractivity contribution in [2.45, 2.75) is 26.3 Å². The minimum absolute atomic E-state index is 0.330. The van der Waals surface area contributed by atoms with E-state index in [4.69, 9.17) is 4.74 Å². The fraction of sp³-hybridized carbons (Fsp3) is 0.333. The van der Waals surface area contributed by atoms with Crippen LogP contribution in [0, 0.1) is 0 Å². The lowest BCUT2D eigenvalue weighted by Crippen LogP contribution is -2.19. The molecule has 0 saturated heterocycles. The van der Waals surface area contributed by atoms with E-state index < -0.39 is 0 Å². The van der Waals surface area contributed by atoms with Crippen LogP contribution in [0.4, 0.5) is 0 Å². The third-order valence-electron chi connectivity index (χ3n) is 3.52. The predicted molar refractivity (Wildman–Crippen MR) is 85.1 cm³/mol. The average Bonchev–Trinajstić information content (AvgIpc) is 2.52. The Hall–Kier alpha value is -1.80. The van der Waals surface area contributed by atoms with Gasteiger partial charge in [0.1, 0.15) is 5.75 Å². The Morgan fingerprint density at radius 3 is 2.35 bits per heavy atom. The molecule has 0 fully saturated rings. The van der Waals surface area contributed by atoms with Gasteiger partial charge in [0, 0.05) is 11.6 Å². The molecule has 1 N–H and O–H groups in total. The van der Waals surface area contributed by atoms with Crippen molar-refractivity contribution in [2.75, 3.05) is 13.7 Å². The van der Waals surface area contributed by atoms with Gasteiger partial charge in [0.15, 0.2) is 0 Å². The normalized spacial score (nSPS) is 12.2. The maximum Gasteiger partial charge on any atom is 0.126 e. The molecule has 0 saturated carbocycles. The fourth-order valence-corrected chi connectivity index (χ4v) is 2.46. The van der Waals surface area contributed by atoms with Gasteiger partial charge in [-0.05, 0) is 37.1 Å². The highest BCUT2D eigenvalue weighted by Crippen LogP contribution is 2.34. The summed E-state index contributed by atoms with van der Waals surface area (Å²) >= 11 is 0. The summed E-state index contributed by atoms with van der Waals surface area (Å²) in [6.45, 7) is 5.43. The summed E-state index contributed by atoms with van der Waals surface area (Å²) in [7, 11) is 1.72. The van der Waals surface area contributed by atoms with E-state index in [9.17, 15) is 0 Å². The van der Waals surface area contributed by atoms with E-state index in [2.05, 4.69) is 55.6 Å². The lowest BCUT2D eigenvalue weighted by molar-refractivity contribution is 0.416. The maximum atomic E-state index is 5.50. The molecule has 0 aliphatic heterocycles. The molecule has 2 rings (SSSR count). The Morgan fingerprint density at radius 1 is 1.00 bits per heavy atom. The SMILES string of the molecule is CCCNC(C)c1ccccc1-c1ccccc1OC. The molecule has 1 unspecified atom stereocenters. The number of hydrogen-bond acceptors (Lipinski definition) is 2. The van der Waals surface area contributed by atoms with Gasteiger partial charge >= 0.3 is 0 Å². The number of rotatable bonds is 6. The molecule has 106 valence electrons. The summed E-state index contributed by atoms with van der Waals surface area (Å²) in [5.41, 5.74) is 3.70. The number of methoxy groups -OCH3 is 1. The van der Waals surface area contributed by atoms with Gasteiger partial charge in [-0.25, -0.2) is 0 Å². The summed E-state index contributed by atoms with van der Waals surface area (Å²) in [5, 5.41) is 3.56. The van der Waals surface area contributed by atoms with Gasteiger partial charge in [-0.1, -0.05) is 49.4 Å². The minimum Gasteiger partial charge on any atom is -0.496 e. The first-order chi connectivity index (χ1) is 9.77. The summed E-state index contributed by atoms with van der Waals surface area (Å²) < 4.78 is 5.50. The Labute approximate surface area is 121 Å². The van der Waals surface area contributed by atoms with Crippen LogP contribution in [0.25, 0.3) is 11.1 Å². The molecule has 2 aromatic rings. The van der Waals surface area contributed by atoms with Crippen molar-refractivity contribution in [1.82, 2.24) is 5.32 Å². The van der Waals surface area contributed by atoms with Gasteiger partial charge in [-0.15, -0.1) is 0 Å².